The number of aryl methyl sites for hydroxylation is 1. The molecule has 2 aliphatic heterocycles. The lowest BCUT2D eigenvalue weighted by Gasteiger charge is -2.28. The lowest BCUT2D eigenvalue weighted by Crippen LogP contribution is -2.38. The molecule has 1 atom stereocenters. The number of nitrogens with zero attached hydrogens (tertiary/aromatic N) is 4. The Bertz CT molecular complexity index is 1060. The van der Waals surface area contributed by atoms with Crippen LogP contribution in [0, 0.1) is 25.7 Å². The zero-order valence-corrected chi connectivity index (χ0v) is 22.4. The SMILES string of the molecule is CCC(=O)CC1CN(Cc2cnc(C)c(CC)c2C)C2=NC([N+](C)(C)CC)=CCC(C3CC3)=C21. The third-order valence-electron chi connectivity index (χ3n) is 8.31. The molecule has 4 rings (SSSR count). The van der Waals surface area contributed by atoms with Crippen molar-refractivity contribution in [2.24, 2.45) is 16.8 Å². The molecule has 3 aliphatic rings. The highest BCUT2D eigenvalue weighted by Crippen LogP contribution is 2.46. The van der Waals surface area contributed by atoms with E-state index < -0.39 is 0 Å². The minimum absolute atomic E-state index is 0.246. The van der Waals surface area contributed by atoms with Gasteiger partial charge in [-0.3, -0.25) is 14.3 Å². The highest BCUT2D eigenvalue weighted by molar-refractivity contribution is 6.03. The number of hydrogen-bond donors (Lipinski definition) is 0. The third-order valence-corrected chi connectivity index (χ3v) is 8.31. The molecule has 0 amide bonds. The van der Waals surface area contributed by atoms with Crippen molar-refractivity contribution in [2.45, 2.75) is 79.7 Å². The standard InChI is InChI=1S/C29H43N4O/c1-8-24(34)15-22-17-32(18-23-16-30-20(5)25(9-2)19(23)4)29-28(22)26(21-11-12-21)13-14-27(31-29)33(6,7)10-3/h14,16,21-22H,8-13,15,17-18H2,1-7H3/q+1. The Hall–Kier alpha value is -2.27. The summed E-state index contributed by atoms with van der Waals surface area (Å²) in [6.07, 6.45) is 10.2. The van der Waals surface area contributed by atoms with Crippen molar-refractivity contribution in [3.63, 3.8) is 0 Å². The molecular weight excluding hydrogens is 420 g/mol. The predicted molar refractivity (Wildman–Crippen MR) is 139 cm³/mol. The van der Waals surface area contributed by atoms with Gasteiger partial charge in [0.05, 0.1) is 20.6 Å². The van der Waals surface area contributed by atoms with Crippen LogP contribution in [0.1, 0.15) is 75.3 Å². The molecule has 1 saturated carbocycles. The van der Waals surface area contributed by atoms with Crippen LogP contribution in [0.2, 0.25) is 0 Å². The number of hydrogen-bond acceptors (Lipinski definition) is 4. The summed E-state index contributed by atoms with van der Waals surface area (Å²) >= 11 is 0. The van der Waals surface area contributed by atoms with Crippen LogP contribution in [-0.4, -0.2) is 53.2 Å². The Kier molecular flexibility index (Phi) is 7.14. The molecule has 3 heterocycles. The molecule has 2 fully saturated rings. The number of allylic oxidation sites excluding steroid dienone is 2. The van der Waals surface area contributed by atoms with Gasteiger partial charge in [0.15, 0.2) is 0 Å². The van der Waals surface area contributed by atoms with Crippen LogP contribution in [0.15, 0.2) is 34.2 Å². The normalized spacial score (nSPS) is 20.8. The number of aromatic nitrogens is 1. The molecule has 1 aliphatic carbocycles. The van der Waals surface area contributed by atoms with Crippen molar-refractivity contribution < 1.29 is 9.28 Å². The smallest absolute Gasteiger partial charge is 0.225 e. The van der Waals surface area contributed by atoms with Crippen molar-refractivity contribution in [3.8, 4) is 0 Å². The monoisotopic (exact) mass is 463 g/mol. The van der Waals surface area contributed by atoms with Crippen molar-refractivity contribution in [3.05, 3.63) is 51.6 Å². The van der Waals surface area contributed by atoms with Crippen LogP contribution in [0.4, 0.5) is 0 Å². The Morgan fingerprint density at radius 3 is 2.53 bits per heavy atom. The van der Waals surface area contributed by atoms with Crippen molar-refractivity contribution in [2.75, 3.05) is 27.2 Å². The number of likely N-dealkylation sites (tertiary alicyclic amines) is 1. The molecule has 0 radical (unpaired) electrons. The van der Waals surface area contributed by atoms with E-state index in [4.69, 9.17) is 9.98 Å². The topological polar surface area (TPSA) is 45.6 Å². The van der Waals surface area contributed by atoms with Gasteiger partial charge < -0.3 is 4.90 Å². The number of pyridine rings is 1. The lowest BCUT2D eigenvalue weighted by molar-refractivity contribution is -0.851. The van der Waals surface area contributed by atoms with Gasteiger partial charge in [-0.1, -0.05) is 19.4 Å². The average Bonchev–Trinajstić information content (AvgIpc) is 3.62. The summed E-state index contributed by atoms with van der Waals surface area (Å²) in [5.74, 6) is 3.54. The number of carbonyl (C=O) groups is 1. The maximum absolute atomic E-state index is 12.6. The van der Waals surface area contributed by atoms with Gasteiger partial charge in [-0.05, 0) is 74.6 Å². The van der Waals surface area contributed by atoms with E-state index in [2.05, 4.69) is 59.0 Å². The second-order valence-corrected chi connectivity index (χ2v) is 10.9. The van der Waals surface area contributed by atoms with Gasteiger partial charge in [0, 0.05) is 49.8 Å². The largest absolute Gasteiger partial charge is 0.351 e. The van der Waals surface area contributed by atoms with Crippen LogP contribution in [0.5, 0.6) is 0 Å². The summed E-state index contributed by atoms with van der Waals surface area (Å²) in [5.41, 5.74) is 8.06. The number of rotatable bonds is 9. The molecule has 1 unspecified atom stereocenters. The van der Waals surface area contributed by atoms with Gasteiger partial charge in [0.25, 0.3) is 0 Å². The number of aliphatic imine (C=N–C) groups is 1. The first-order valence-corrected chi connectivity index (χ1v) is 13.3. The minimum atomic E-state index is 0.246. The average molecular weight is 464 g/mol. The van der Waals surface area contributed by atoms with E-state index in [0.29, 0.717) is 24.5 Å². The number of fused-ring (bicyclic) bond motifs is 1. The van der Waals surface area contributed by atoms with E-state index in [1.165, 1.54) is 35.1 Å². The van der Waals surface area contributed by atoms with E-state index in [-0.39, 0.29) is 5.92 Å². The molecule has 5 heteroatoms. The third kappa shape index (κ3) is 4.77. The molecule has 184 valence electrons. The van der Waals surface area contributed by atoms with Gasteiger partial charge >= 0.3 is 0 Å². The summed E-state index contributed by atoms with van der Waals surface area (Å²) < 4.78 is 0.770. The number of ketones is 1. The minimum Gasteiger partial charge on any atom is -0.351 e. The van der Waals surface area contributed by atoms with Crippen LogP contribution in [0.3, 0.4) is 0 Å². The zero-order chi connectivity index (χ0) is 24.6. The highest BCUT2D eigenvalue weighted by atomic mass is 16.1. The summed E-state index contributed by atoms with van der Waals surface area (Å²) in [6, 6.07) is 0. The molecule has 5 nitrogen and oxygen atoms in total. The molecule has 0 N–H and O–H groups in total. The van der Waals surface area contributed by atoms with E-state index in [0.717, 1.165) is 54.3 Å². The van der Waals surface area contributed by atoms with Crippen molar-refractivity contribution >= 4 is 11.6 Å². The van der Waals surface area contributed by atoms with Gasteiger partial charge in [-0.25, -0.2) is 0 Å². The first-order valence-electron chi connectivity index (χ1n) is 13.3. The fourth-order valence-electron chi connectivity index (χ4n) is 5.59. The number of Topliss-reactive ketones (excluding diaryl/α,β-unsaturated/α-hetero) is 1. The Morgan fingerprint density at radius 1 is 1.18 bits per heavy atom. The Labute approximate surface area is 206 Å². The number of carbonyl (C=O) groups excluding carboxylic acids is 1. The molecule has 1 aromatic heterocycles. The first-order chi connectivity index (χ1) is 16.2. The Balaban J connectivity index is 1.80. The second kappa shape index (κ2) is 9.77. The Morgan fingerprint density at radius 2 is 1.91 bits per heavy atom. The molecule has 34 heavy (non-hydrogen) atoms. The number of amidine groups is 1. The second-order valence-electron chi connectivity index (χ2n) is 10.9. The summed E-state index contributed by atoms with van der Waals surface area (Å²) in [5, 5.41) is 0. The van der Waals surface area contributed by atoms with Crippen molar-refractivity contribution in [1.82, 2.24) is 9.88 Å². The number of quaternary nitrogens is 1. The molecule has 1 aromatic rings. The maximum atomic E-state index is 12.6. The summed E-state index contributed by atoms with van der Waals surface area (Å²) in [7, 11) is 4.49. The molecule has 0 spiro atoms. The van der Waals surface area contributed by atoms with E-state index in [9.17, 15) is 4.79 Å². The van der Waals surface area contributed by atoms with Gasteiger partial charge in [-0.15, -0.1) is 0 Å². The van der Waals surface area contributed by atoms with Crippen LogP contribution < -0.4 is 0 Å². The molecule has 0 bridgehead atoms. The fourth-order valence-corrected chi connectivity index (χ4v) is 5.59. The fraction of sp³-hybridized carbons (Fsp3) is 0.621. The molecule has 0 aromatic carbocycles. The zero-order valence-electron chi connectivity index (χ0n) is 22.4. The summed E-state index contributed by atoms with van der Waals surface area (Å²) in [4.78, 5) is 25.2. The first kappa shape index (κ1) is 24.8. The van der Waals surface area contributed by atoms with Crippen LogP contribution >= 0.6 is 0 Å². The quantitative estimate of drug-likeness (QED) is 0.454. The van der Waals surface area contributed by atoms with Gasteiger partial charge in [0.2, 0.25) is 5.82 Å². The predicted octanol–water partition coefficient (Wildman–Crippen LogP) is 5.51. The van der Waals surface area contributed by atoms with E-state index in [1.807, 2.05) is 6.92 Å². The highest BCUT2D eigenvalue weighted by Gasteiger charge is 2.42. The van der Waals surface area contributed by atoms with Crippen LogP contribution in [0.25, 0.3) is 0 Å². The van der Waals surface area contributed by atoms with E-state index >= 15 is 0 Å². The van der Waals surface area contributed by atoms with Crippen LogP contribution in [-0.2, 0) is 17.8 Å². The van der Waals surface area contributed by atoms with Gasteiger partial charge in [-0.2, -0.15) is 4.99 Å². The maximum Gasteiger partial charge on any atom is 0.225 e. The summed E-state index contributed by atoms with van der Waals surface area (Å²) in [6.45, 7) is 13.4. The lowest BCUT2D eigenvalue weighted by atomic mass is 9.88. The van der Waals surface area contributed by atoms with Crippen molar-refractivity contribution in [1.29, 1.82) is 0 Å². The molecule has 1 saturated heterocycles. The molecular formula is C29H43N4O+. The van der Waals surface area contributed by atoms with Gasteiger partial charge in [0.1, 0.15) is 11.6 Å². The van der Waals surface area contributed by atoms with E-state index in [1.54, 1.807) is 5.57 Å².